The van der Waals surface area contributed by atoms with E-state index in [2.05, 4.69) is 37.8 Å². The summed E-state index contributed by atoms with van der Waals surface area (Å²) in [6, 6.07) is 0. The number of esters is 1. The predicted octanol–water partition coefficient (Wildman–Crippen LogP) is 1.34. The van der Waals surface area contributed by atoms with E-state index in [9.17, 15) is 4.79 Å². The van der Waals surface area contributed by atoms with Gasteiger partial charge >= 0.3 is 39.9 Å². The monoisotopic (exact) mass is 278 g/mol. The van der Waals surface area contributed by atoms with E-state index in [-0.39, 0.29) is 23.0 Å². The second kappa shape index (κ2) is 36.6. The van der Waals surface area contributed by atoms with Crippen LogP contribution in [0.25, 0.3) is 0 Å². The number of carbonyl (C=O) groups is 1. The van der Waals surface area contributed by atoms with Gasteiger partial charge < -0.3 is 4.74 Å². The van der Waals surface area contributed by atoms with Gasteiger partial charge in [-0.05, 0) is 11.6 Å². The Morgan fingerprint density at radius 3 is 1.71 bits per heavy atom. The zero-order valence-electron chi connectivity index (χ0n) is 9.04. The van der Waals surface area contributed by atoms with Gasteiger partial charge in [0.15, 0.2) is 0 Å². The van der Waals surface area contributed by atoms with Crippen LogP contribution < -0.4 is 0 Å². The van der Waals surface area contributed by atoms with Gasteiger partial charge in [0.2, 0.25) is 0 Å². The molecule has 0 spiro atoms. The first-order chi connectivity index (χ1) is 7.70. The van der Waals surface area contributed by atoms with Gasteiger partial charge in [-0.3, -0.25) is 0 Å². The smallest absolute Gasteiger partial charge is 0 e. The third-order valence-electron chi connectivity index (χ3n) is 0.897. The number of methoxy groups -OCH3 is 1. The second-order valence-corrected chi connectivity index (χ2v) is 1.64. The summed E-state index contributed by atoms with van der Waals surface area (Å²) in [7, 11) is 1.32. The summed E-state index contributed by atoms with van der Waals surface area (Å²) in [6.07, 6.45) is 4.39. The van der Waals surface area contributed by atoms with E-state index in [1.165, 1.54) is 13.2 Å². The second-order valence-electron chi connectivity index (χ2n) is 1.64. The molecule has 0 aliphatic carbocycles. The normalized spacial score (nSPS) is 5.82. The third-order valence-corrected chi connectivity index (χ3v) is 0.897. The third kappa shape index (κ3) is 40.4. The van der Waals surface area contributed by atoms with Crippen LogP contribution in [-0.4, -0.2) is 13.1 Å². The van der Waals surface area contributed by atoms with Crippen molar-refractivity contribution in [1.29, 1.82) is 0 Å². The van der Waals surface area contributed by atoms with E-state index in [0.717, 1.165) is 0 Å². The van der Waals surface area contributed by atoms with E-state index < -0.39 is 0 Å². The van der Waals surface area contributed by atoms with E-state index in [0.29, 0.717) is 5.57 Å². The van der Waals surface area contributed by atoms with Crippen LogP contribution in [0.2, 0.25) is 0 Å². The number of hydrogen-bond acceptors (Lipinski definition) is 2. The minimum atomic E-state index is -0.386. The van der Waals surface area contributed by atoms with Crippen LogP contribution >= 0.6 is 0 Å². The van der Waals surface area contributed by atoms with Crippen LogP contribution in [0.4, 0.5) is 0 Å². The molecule has 0 fully saturated rings. The molecule has 0 saturated heterocycles. The number of ether oxygens (including phenoxy) is 1. The summed E-state index contributed by atoms with van der Waals surface area (Å²) in [6.45, 7) is 20.5. The molecule has 0 heterocycles. The molecule has 0 saturated carbocycles. The molecule has 0 aromatic heterocycles. The zero-order valence-corrected chi connectivity index (χ0v) is 10.1. The van der Waals surface area contributed by atoms with Crippen molar-refractivity contribution in [2.24, 2.45) is 0 Å². The molecule has 5 nitrogen and oxygen atoms in total. The number of allylic oxidation sites excluding steroid dienone is 3. The van der Waals surface area contributed by atoms with Gasteiger partial charge in [0.05, 0.1) is 7.11 Å². The molecule has 92 valence electrons. The van der Waals surface area contributed by atoms with Crippen LogP contribution in [0.15, 0.2) is 37.0 Å². The molecule has 0 amide bonds. The summed E-state index contributed by atoms with van der Waals surface area (Å²) < 4.78 is 26.8. The molecule has 0 aliphatic rings. The Morgan fingerprint density at radius 2 is 1.47 bits per heavy atom. The van der Waals surface area contributed by atoms with Crippen LogP contribution in [0, 0.1) is 20.0 Å². The molecule has 0 unspecified atom stereocenters. The number of hydrogen-bond donors (Lipinski definition) is 0. The first-order valence-electron chi connectivity index (χ1n) is 3.39. The molecule has 0 N–H and O–H groups in total. The SMILES string of the molecule is C=CC(=C)/C=C/C(=O)OC.[C-]#[O+].[C-]#[O+].[C-]#[O+].[Fe]. The number of carbonyl (C=O) groups excluding carboxylic acids is 1. The van der Waals surface area contributed by atoms with E-state index >= 15 is 0 Å². The fourth-order valence-corrected chi connectivity index (χ4v) is 0.311. The van der Waals surface area contributed by atoms with Gasteiger partial charge in [-0.2, -0.15) is 0 Å². The molecule has 6 heteroatoms. The van der Waals surface area contributed by atoms with Crippen LogP contribution in [0.1, 0.15) is 0 Å². The Labute approximate surface area is 111 Å². The van der Waals surface area contributed by atoms with Crippen LogP contribution in [-0.2, 0) is 40.6 Å². The maximum atomic E-state index is 10.4. The minimum absolute atomic E-state index is 0. The van der Waals surface area contributed by atoms with Crippen molar-refractivity contribution in [3.8, 4) is 0 Å². The Morgan fingerprint density at radius 1 is 1.12 bits per heavy atom. The first-order valence-corrected chi connectivity index (χ1v) is 3.39. The van der Waals surface area contributed by atoms with Crippen molar-refractivity contribution >= 4 is 5.97 Å². The molecule has 0 bridgehead atoms. The molecule has 0 atom stereocenters. The largest absolute Gasteiger partial charge is 0 e. The molecule has 0 radical (unpaired) electrons. The fraction of sp³-hybridized carbons (Fsp3) is 0.0909. The van der Waals surface area contributed by atoms with Gasteiger partial charge in [-0.1, -0.05) is 19.2 Å². The molecule has 0 aromatic rings. The Bertz CT molecular complexity index is 272. The quantitative estimate of drug-likeness (QED) is 0.195. The molecule has 0 aromatic carbocycles. The average Bonchev–Trinajstić information content (AvgIpc) is 2.42. The number of rotatable bonds is 3. The summed E-state index contributed by atoms with van der Waals surface area (Å²) in [4.78, 5) is 10.4. The first kappa shape index (κ1) is 29.5. The zero-order chi connectivity index (χ0) is 14.0. The van der Waals surface area contributed by atoms with Crippen molar-refractivity contribution in [1.82, 2.24) is 0 Å². The Balaban J connectivity index is -0.0000000594. The van der Waals surface area contributed by atoms with Gasteiger partial charge in [0.25, 0.3) is 0 Å². The van der Waals surface area contributed by atoms with Crippen molar-refractivity contribution in [3.63, 3.8) is 0 Å². The molecular weight excluding hydrogens is 268 g/mol. The minimum Gasteiger partial charge on any atom is 0 e. The maximum Gasteiger partial charge on any atom is 0 e. The van der Waals surface area contributed by atoms with Gasteiger partial charge in [-0.25, -0.2) is 4.79 Å². The molecule has 17 heavy (non-hydrogen) atoms. The fourth-order valence-electron chi connectivity index (χ4n) is 0.311. The standard InChI is InChI=1S/C8H10O2.3CO.Fe/c1-4-7(2)5-6-8(9)10-3;3*1-2;/h4-6H,1-2H2,3H3;;;;/b6-5+;;;;. The van der Waals surface area contributed by atoms with Crippen molar-refractivity contribution in [2.45, 2.75) is 0 Å². The summed E-state index contributed by atoms with van der Waals surface area (Å²) in [5.41, 5.74) is 0.686. The molecular formula is C11H10FeO5. The summed E-state index contributed by atoms with van der Waals surface area (Å²) in [5.74, 6) is -0.386. The van der Waals surface area contributed by atoms with Crippen molar-refractivity contribution in [2.75, 3.05) is 7.11 Å². The van der Waals surface area contributed by atoms with E-state index in [1.54, 1.807) is 12.2 Å². The van der Waals surface area contributed by atoms with Gasteiger partial charge in [0.1, 0.15) is 0 Å². The topological polar surface area (TPSA) is 86.0 Å². The summed E-state index contributed by atoms with van der Waals surface area (Å²) in [5, 5.41) is 0. The average molecular weight is 278 g/mol. The van der Waals surface area contributed by atoms with Crippen molar-refractivity contribution in [3.05, 3.63) is 56.9 Å². The predicted molar refractivity (Wildman–Crippen MR) is 52.3 cm³/mol. The van der Waals surface area contributed by atoms with E-state index in [4.69, 9.17) is 14.0 Å². The van der Waals surface area contributed by atoms with Crippen LogP contribution in [0.5, 0.6) is 0 Å². The molecule has 0 aliphatic heterocycles. The molecule has 0 rings (SSSR count). The summed E-state index contributed by atoms with van der Waals surface area (Å²) >= 11 is 0. The van der Waals surface area contributed by atoms with E-state index in [1.807, 2.05) is 0 Å². The van der Waals surface area contributed by atoms with Gasteiger partial charge in [0, 0.05) is 23.1 Å². The Kier molecular flexibility index (Phi) is 63.6. The maximum absolute atomic E-state index is 10.4. The van der Waals surface area contributed by atoms with Crippen LogP contribution in [0.3, 0.4) is 0 Å². The van der Waals surface area contributed by atoms with Gasteiger partial charge in [-0.15, -0.1) is 0 Å². The Hall–Kier alpha value is -1.57. The van der Waals surface area contributed by atoms with Crippen molar-refractivity contribution < 1.29 is 40.6 Å².